The molecule has 0 saturated carbocycles. The largest absolute Gasteiger partial charge is 0.591 e. The second-order valence-corrected chi connectivity index (χ2v) is 2.60. The zero-order valence-electron chi connectivity index (χ0n) is 6.82. The van der Waals surface area contributed by atoms with Gasteiger partial charge in [0.2, 0.25) is 0 Å². The van der Waals surface area contributed by atoms with Crippen LogP contribution in [0.1, 0.15) is 0 Å². The quantitative estimate of drug-likeness (QED) is 0.707. The Bertz CT molecular complexity index is 449. The summed E-state index contributed by atoms with van der Waals surface area (Å²) >= 11 is 0. The highest BCUT2D eigenvalue weighted by Crippen LogP contribution is 2.16. The number of fused-ring (bicyclic) bond motifs is 1. The lowest BCUT2D eigenvalue weighted by Crippen LogP contribution is -2.26. The van der Waals surface area contributed by atoms with Gasteiger partial charge in [-0.05, 0) is 12.1 Å². The molecule has 1 heterocycles. The minimum atomic E-state index is -4.70. The molecule has 1 aromatic carbocycles. The number of imidazole rings is 1. The molecule has 6 heteroatoms. The molecule has 0 unspecified atom stereocenters. The summed E-state index contributed by atoms with van der Waals surface area (Å²) in [4.78, 5) is 7.45. The molecule has 0 amide bonds. The van der Waals surface area contributed by atoms with Gasteiger partial charge in [0.1, 0.15) is 11.8 Å². The second kappa shape index (κ2) is 2.90. The zero-order chi connectivity index (χ0) is 10.2. The Kier molecular flexibility index (Phi) is 1.83. The smallest absolute Gasteiger partial charge is 0.311 e. The van der Waals surface area contributed by atoms with E-state index in [0.717, 1.165) is 6.33 Å². The van der Waals surface area contributed by atoms with Gasteiger partial charge in [0, 0.05) is 0 Å². The number of rotatable bonds is 1. The van der Waals surface area contributed by atoms with Crippen molar-refractivity contribution in [3.63, 3.8) is 0 Å². The molecular weight excluding hydrogens is 197 g/mol. The van der Waals surface area contributed by atoms with Crippen molar-refractivity contribution in [2.75, 3.05) is 0 Å². The highest BCUT2D eigenvalue weighted by atomic mass is 19.4. The predicted molar refractivity (Wildman–Crippen MR) is 42.4 cm³/mol. The standard InChI is InChI=1S/C8H5F3N2O/c9-8(10,11)14-13-5-12-6-3-1-2-4-7(6)13/h1-5H. The van der Waals surface area contributed by atoms with E-state index < -0.39 is 6.36 Å². The fourth-order valence-electron chi connectivity index (χ4n) is 1.12. The summed E-state index contributed by atoms with van der Waals surface area (Å²) in [5, 5.41) is 0. The molecule has 0 N–H and O–H groups in total. The summed E-state index contributed by atoms with van der Waals surface area (Å²) < 4.78 is 36.2. The Morgan fingerprint density at radius 3 is 2.64 bits per heavy atom. The molecule has 0 bridgehead atoms. The maximum absolute atomic E-state index is 11.9. The monoisotopic (exact) mass is 202 g/mol. The van der Waals surface area contributed by atoms with Crippen LogP contribution in [0, 0.1) is 0 Å². The van der Waals surface area contributed by atoms with Gasteiger partial charge in [-0.1, -0.05) is 12.1 Å². The van der Waals surface area contributed by atoms with Crippen molar-refractivity contribution in [3.05, 3.63) is 30.6 Å². The Labute approximate surface area is 76.7 Å². The van der Waals surface area contributed by atoms with E-state index in [1.807, 2.05) is 0 Å². The molecule has 0 aliphatic heterocycles. The average molecular weight is 202 g/mol. The molecule has 0 radical (unpaired) electrons. The van der Waals surface area contributed by atoms with Gasteiger partial charge in [-0.3, -0.25) is 0 Å². The number of para-hydroxylation sites is 2. The van der Waals surface area contributed by atoms with Gasteiger partial charge in [-0.25, -0.2) is 4.98 Å². The SMILES string of the molecule is FC(F)(F)On1cnc2ccccc21. The summed E-state index contributed by atoms with van der Waals surface area (Å²) in [5.41, 5.74) is 0.738. The predicted octanol–water partition coefficient (Wildman–Crippen LogP) is 1.98. The number of aromatic nitrogens is 2. The van der Waals surface area contributed by atoms with Crippen molar-refractivity contribution in [3.8, 4) is 0 Å². The molecule has 74 valence electrons. The van der Waals surface area contributed by atoms with Gasteiger partial charge in [0.05, 0.1) is 5.52 Å². The van der Waals surface area contributed by atoms with E-state index in [4.69, 9.17) is 0 Å². The molecule has 1 aromatic heterocycles. The van der Waals surface area contributed by atoms with Crippen molar-refractivity contribution in [2.45, 2.75) is 6.36 Å². The number of nitrogens with zero attached hydrogens (tertiary/aromatic N) is 2. The van der Waals surface area contributed by atoms with Gasteiger partial charge in [-0.2, -0.15) is 4.73 Å². The molecule has 0 saturated heterocycles. The van der Waals surface area contributed by atoms with Gasteiger partial charge < -0.3 is 4.84 Å². The van der Waals surface area contributed by atoms with Crippen molar-refractivity contribution < 1.29 is 18.0 Å². The number of halogens is 3. The molecule has 0 aliphatic rings. The lowest BCUT2D eigenvalue weighted by atomic mass is 10.3. The summed E-state index contributed by atoms with van der Waals surface area (Å²) in [6, 6.07) is 6.40. The van der Waals surface area contributed by atoms with Gasteiger partial charge in [0.25, 0.3) is 0 Å². The summed E-state index contributed by atoms with van der Waals surface area (Å²) in [6.45, 7) is 0. The van der Waals surface area contributed by atoms with Crippen molar-refractivity contribution in [1.82, 2.24) is 9.71 Å². The molecule has 0 fully saturated rings. The lowest BCUT2D eigenvalue weighted by molar-refractivity contribution is -0.321. The minimum absolute atomic E-state index is 0.282. The molecule has 2 aromatic rings. The first-order valence-electron chi connectivity index (χ1n) is 3.74. The third-order valence-corrected chi connectivity index (χ3v) is 1.62. The lowest BCUT2D eigenvalue weighted by Gasteiger charge is -2.08. The third kappa shape index (κ3) is 1.63. The molecule has 2 rings (SSSR count). The van der Waals surface area contributed by atoms with Gasteiger partial charge >= 0.3 is 6.36 Å². The highest BCUT2D eigenvalue weighted by Gasteiger charge is 2.32. The molecule has 0 spiro atoms. The molecule has 0 atom stereocenters. The van der Waals surface area contributed by atoms with Crippen molar-refractivity contribution in [2.24, 2.45) is 0 Å². The second-order valence-electron chi connectivity index (χ2n) is 2.60. The number of hydrogen-bond acceptors (Lipinski definition) is 2. The summed E-state index contributed by atoms with van der Waals surface area (Å²) in [6.07, 6.45) is -3.72. The number of alkyl halides is 3. The minimum Gasteiger partial charge on any atom is -0.311 e. The van der Waals surface area contributed by atoms with Crippen LogP contribution >= 0.6 is 0 Å². The van der Waals surface area contributed by atoms with Crippen LogP contribution in [-0.2, 0) is 0 Å². The average Bonchev–Trinajstić information content (AvgIpc) is 2.47. The van der Waals surface area contributed by atoms with E-state index in [1.165, 1.54) is 6.07 Å². The Morgan fingerprint density at radius 2 is 1.93 bits per heavy atom. The fraction of sp³-hybridized carbons (Fsp3) is 0.125. The first-order valence-corrected chi connectivity index (χ1v) is 3.74. The van der Waals surface area contributed by atoms with E-state index in [-0.39, 0.29) is 5.52 Å². The number of hydrogen-bond donors (Lipinski definition) is 0. The topological polar surface area (TPSA) is 27.1 Å². The van der Waals surface area contributed by atoms with E-state index in [0.29, 0.717) is 10.2 Å². The maximum Gasteiger partial charge on any atom is 0.591 e. The van der Waals surface area contributed by atoms with Crippen molar-refractivity contribution in [1.29, 1.82) is 0 Å². The fourth-order valence-corrected chi connectivity index (χ4v) is 1.12. The molecule has 14 heavy (non-hydrogen) atoms. The highest BCUT2D eigenvalue weighted by molar-refractivity contribution is 5.74. The van der Waals surface area contributed by atoms with E-state index >= 15 is 0 Å². The Balaban J connectivity index is 2.44. The van der Waals surface area contributed by atoms with Gasteiger partial charge in [-0.15, -0.1) is 13.2 Å². The maximum atomic E-state index is 11.9. The van der Waals surface area contributed by atoms with Gasteiger partial charge in [0.15, 0.2) is 0 Å². The van der Waals surface area contributed by atoms with Crippen LogP contribution in [0.15, 0.2) is 30.6 Å². The summed E-state index contributed by atoms with van der Waals surface area (Å²) in [5.74, 6) is 0. The van der Waals surface area contributed by atoms with Crippen LogP contribution in [0.25, 0.3) is 11.0 Å². The molecule has 3 nitrogen and oxygen atoms in total. The number of benzene rings is 1. The van der Waals surface area contributed by atoms with Crippen LogP contribution in [0.2, 0.25) is 0 Å². The van der Waals surface area contributed by atoms with Crippen molar-refractivity contribution >= 4 is 11.0 Å². The Morgan fingerprint density at radius 1 is 1.21 bits per heavy atom. The third-order valence-electron chi connectivity index (χ3n) is 1.62. The van der Waals surface area contributed by atoms with E-state index in [2.05, 4.69) is 9.82 Å². The van der Waals surface area contributed by atoms with Crippen LogP contribution in [0.4, 0.5) is 13.2 Å². The van der Waals surface area contributed by atoms with Crippen LogP contribution in [0.3, 0.4) is 0 Å². The van der Waals surface area contributed by atoms with Crippen LogP contribution in [0.5, 0.6) is 0 Å². The first kappa shape index (κ1) is 8.86. The Hall–Kier alpha value is -1.72. The van der Waals surface area contributed by atoms with E-state index in [9.17, 15) is 13.2 Å². The van der Waals surface area contributed by atoms with Crippen LogP contribution in [-0.4, -0.2) is 16.1 Å². The molecular formula is C8H5F3N2O. The normalized spacial score (nSPS) is 11.9. The zero-order valence-corrected chi connectivity index (χ0v) is 6.82. The van der Waals surface area contributed by atoms with Crippen LogP contribution < -0.4 is 4.84 Å². The first-order chi connectivity index (χ1) is 6.56. The van der Waals surface area contributed by atoms with E-state index in [1.54, 1.807) is 18.2 Å². The molecule has 0 aliphatic carbocycles. The summed E-state index contributed by atoms with van der Waals surface area (Å²) in [7, 11) is 0.